The minimum Gasteiger partial charge on any atom is -0.497 e. The molecule has 0 bridgehead atoms. The first-order valence-electron chi connectivity index (χ1n) is 7.66. The molecule has 0 aliphatic carbocycles. The molecule has 6 heteroatoms. The summed E-state index contributed by atoms with van der Waals surface area (Å²) in [6.07, 6.45) is 4.97. The van der Waals surface area contributed by atoms with Crippen molar-refractivity contribution in [2.75, 3.05) is 13.7 Å². The molecule has 4 rings (SSSR count). The first kappa shape index (κ1) is 14.4. The number of aromatic amines is 2. The van der Waals surface area contributed by atoms with Gasteiger partial charge < -0.3 is 14.7 Å². The lowest BCUT2D eigenvalue weighted by Crippen LogP contribution is -2.30. The van der Waals surface area contributed by atoms with Gasteiger partial charge in [0.2, 0.25) is 0 Å². The zero-order valence-corrected chi connectivity index (χ0v) is 13.7. The zero-order chi connectivity index (χ0) is 15.8. The highest BCUT2D eigenvalue weighted by Gasteiger charge is 2.18. The molecule has 0 spiro atoms. The molecule has 0 amide bonds. The van der Waals surface area contributed by atoms with E-state index in [0.29, 0.717) is 4.77 Å². The lowest BCUT2D eigenvalue weighted by atomic mass is 10.1. The third-order valence-electron chi connectivity index (χ3n) is 4.42. The van der Waals surface area contributed by atoms with Crippen molar-refractivity contribution < 1.29 is 4.74 Å². The number of fused-ring (bicyclic) bond motifs is 2. The van der Waals surface area contributed by atoms with Gasteiger partial charge in [-0.05, 0) is 36.0 Å². The van der Waals surface area contributed by atoms with Crippen LogP contribution < -0.4 is 4.74 Å². The predicted molar refractivity (Wildman–Crippen MR) is 92.1 cm³/mol. The largest absolute Gasteiger partial charge is 0.497 e. The van der Waals surface area contributed by atoms with Gasteiger partial charge in [0, 0.05) is 60.6 Å². The Morgan fingerprint density at radius 1 is 1.39 bits per heavy atom. The Labute approximate surface area is 139 Å². The molecule has 0 unspecified atom stereocenters. The first-order chi connectivity index (χ1) is 11.2. The number of hydrogen-bond acceptors (Lipinski definition) is 4. The van der Waals surface area contributed by atoms with Crippen molar-refractivity contribution in [3.05, 3.63) is 52.2 Å². The molecule has 1 aliphatic heterocycles. The maximum absolute atomic E-state index is 5.34. The van der Waals surface area contributed by atoms with E-state index in [1.807, 2.05) is 12.3 Å². The summed E-state index contributed by atoms with van der Waals surface area (Å²) in [6, 6.07) is 6.14. The van der Waals surface area contributed by atoms with Crippen molar-refractivity contribution >= 4 is 23.1 Å². The average molecular weight is 326 g/mol. The fourth-order valence-corrected chi connectivity index (χ4v) is 3.37. The minimum atomic E-state index is 0.570. The van der Waals surface area contributed by atoms with Crippen molar-refractivity contribution in [2.24, 2.45) is 0 Å². The summed E-state index contributed by atoms with van der Waals surface area (Å²) in [5.74, 6) is 0.888. The number of nitrogens with one attached hydrogen (secondary N) is 2. The van der Waals surface area contributed by atoms with Crippen LogP contribution in [0, 0.1) is 4.77 Å². The lowest BCUT2D eigenvalue weighted by molar-refractivity contribution is 0.243. The van der Waals surface area contributed by atoms with Crippen LogP contribution in [-0.4, -0.2) is 33.5 Å². The van der Waals surface area contributed by atoms with Gasteiger partial charge in [0.05, 0.1) is 7.11 Å². The van der Waals surface area contributed by atoms with Gasteiger partial charge in [-0.1, -0.05) is 0 Å². The molecule has 0 saturated carbocycles. The van der Waals surface area contributed by atoms with Crippen LogP contribution >= 0.6 is 12.2 Å². The van der Waals surface area contributed by atoms with Crippen LogP contribution in [0.1, 0.15) is 16.8 Å². The van der Waals surface area contributed by atoms with E-state index in [0.717, 1.165) is 37.3 Å². The molecule has 23 heavy (non-hydrogen) atoms. The number of methoxy groups -OCH3 is 1. The summed E-state index contributed by atoms with van der Waals surface area (Å²) in [7, 11) is 1.70. The molecule has 0 radical (unpaired) electrons. The second-order valence-electron chi connectivity index (χ2n) is 5.88. The summed E-state index contributed by atoms with van der Waals surface area (Å²) >= 11 is 5.10. The maximum Gasteiger partial charge on any atom is 0.196 e. The minimum absolute atomic E-state index is 0.570. The van der Waals surface area contributed by atoms with E-state index in [1.165, 1.54) is 22.2 Å². The first-order valence-corrected chi connectivity index (χ1v) is 8.07. The van der Waals surface area contributed by atoms with Crippen LogP contribution in [-0.2, 0) is 19.5 Å². The van der Waals surface area contributed by atoms with Crippen LogP contribution in [0.4, 0.5) is 0 Å². The van der Waals surface area contributed by atoms with Crippen LogP contribution in [0.3, 0.4) is 0 Å². The number of aromatic nitrogens is 3. The third-order valence-corrected chi connectivity index (χ3v) is 4.63. The second-order valence-corrected chi connectivity index (χ2v) is 6.26. The third kappa shape index (κ3) is 2.75. The molecule has 2 N–H and O–H groups in total. The molecule has 1 aliphatic rings. The van der Waals surface area contributed by atoms with Gasteiger partial charge in [-0.15, -0.1) is 0 Å². The van der Waals surface area contributed by atoms with E-state index in [2.05, 4.69) is 38.2 Å². The molecule has 0 atom stereocenters. The number of rotatable bonds is 3. The zero-order valence-electron chi connectivity index (χ0n) is 12.9. The average Bonchev–Trinajstić information content (AvgIpc) is 2.97. The molecule has 3 heterocycles. The standard InChI is InChI=1S/C17H18N4OS/c1-22-13-2-3-16-14(6-13)11(7-18-16)9-21-5-4-15-12(10-21)8-19-17(23)20-15/h2-3,6-8,18H,4-5,9-10H2,1H3,(H,19,20,23). The lowest BCUT2D eigenvalue weighted by Gasteiger charge is -2.27. The van der Waals surface area contributed by atoms with Gasteiger partial charge in [0.1, 0.15) is 5.75 Å². The van der Waals surface area contributed by atoms with E-state index in [4.69, 9.17) is 17.0 Å². The summed E-state index contributed by atoms with van der Waals surface area (Å²) < 4.78 is 5.91. The van der Waals surface area contributed by atoms with Crippen molar-refractivity contribution in [1.29, 1.82) is 0 Å². The topological polar surface area (TPSA) is 56.9 Å². The highest BCUT2D eigenvalue weighted by molar-refractivity contribution is 7.71. The number of hydrogen-bond donors (Lipinski definition) is 2. The molecule has 3 aromatic rings. The Bertz CT molecular complexity index is 914. The molecule has 0 fully saturated rings. The Hall–Kier alpha value is -2.18. The highest BCUT2D eigenvalue weighted by Crippen LogP contribution is 2.26. The maximum atomic E-state index is 5.34. The van der Waals surface area contributed by atoms with E-state index in [-0.39, 0.29) is 0 Å². The predicted octanol–water partition coefficient (Wildman–Crippen LogP) is 3.19. The molecular formula is C17H18N4OS. The summed E-state index contributed by atoms with van der Waals surface area (Å²) in [4.78, 5) is 13.2. The van der Waals surface area contributed by atoms with E-state index in [9.17, 15) is 0 Å². The molecule has 5 nitrogen and oxygen atoms in total. The summed E-state index contributed by atoms with van der Waals surface area (Å²) in [5, 5.41) is 1.22. The molecule has 0 saturated heterocycles. The second kappa shape index (κ2) is 5.79. The fraction of sp³-hybridized carbons (Fsp3) is 0.294. The summed E-state index contributed by atoms with van der Waals surface area (Å²) in [5.41, 5.74) is 4.90. The Morgan fingerprint density at radius 3 is 3.17 bits per heavy atom. The van der Waals surface area contributed by atoms with Crippen LogP contribution in [0.25, 0.3) is 10.9 Å². The van der Waals surface area contributed by atoms with Gasteiger partial charge in [-0.2, -0.15) is 0 Å². The van der Waals surface area contributed by atoms with Crippen LogP contribution in [0.15, 0.2) is 30.6 Å². The van der Waals surface area contributed by atoms with Crippen molar-refractivity contribution in [3.8, 4) is 5.75 Å². The Morgan fingerprint density at radius 2 is 2.30 bits per heavy atom. The van der Waals surface area contributed by atoms with Gasteiger partial charge in [-0.3, -0.25) is 4.90 Å². The van der Waals surface area contributed by atoms with Gasteiger partial charge in [-0.25, -0.2) is 4.98 Å². The summed E-state index contributed by atoms with van der Waals surface area (Å²) in [6.45, 7) is 2.81. The SMILES string of the molecule is COc1ccc2[nH]cc(CN3CCc4[nH]c(=S)ncc4C3)c2c1. The monoisotopic (exact) mass is 326 g/mol. The van der Waals surface area contributed by atoms with Gasteiger partial charge >= 0.3 is 0 Å². The number of ether oxygens (including phenoxy) is 1. The Kier molecular flexibility index (Phi) is 3.63. The number of H-pyrrole nitrogens is 2. The molecule has 118 valence electrons. The van der Waals surface area contributed by atoms with Gasteiger partial charge in [0.15, 0.2) is 4.77 Å². The Balaban J connectivity index is 1.59. The van der Waals surface area contributed by atoms with Crippen molar-refractivity contribution in [2.45, 2.75) is 19.5 Å². The molecule has 2 aromatic heterocycles. The normalized spacial score (nSPS) is 14.8. The van der Waals surface area contributed by atoms with E-state index < -0.39 is 0 Å². The van der Waals surface area contributed by atoms with Gasteiger partial charge in [0.25, 0.3) is 0 Å². The van der Waals surface area contributed by atoms with E-state index >= 15 is 0 Å². The van der Waals surface area contributed by atoms with Crippen LogP contribution in [0.5, 0.6) is 5.75 Å². The smallest absolute Gasteiger partial charge is 0.196 e. The van der Waals surface area contributed by atoms with Crippen LogP contribution in [0.2, 0.25) is 0 Å². The fourth-order valence-electron chi connectivity index (χ4n) is 3.20. The number of nitrogens with zero attached hydrogens (tertiary/aromatic N) is 2. The van der Waals surface area contributed by atoms with Crippen molar-refractivity contribution in [1.82, 2.24) is 19.9 Å². The molecule has 1 aromatic carbocycles. The quantitative estimate of drug-likeness (QED) is 0.726. The van der Waals surface area contributed by atoms with E-state index in [1.54, 1.807) is 7.11 Å². The highest BCUT2D eigenvalue weighted by atomic mass is 32.1. The number of benzene rings is 1. The van der Waals surface area contributed by atoms with Crippen molar-refractivity contribution in [3.63, 3.8) is 0 Å². The molecular weight excluding hydrogens is 308 g/mol.